The predicted molar refractivity (Wildman–Crippen MR) is 131 cm³/mol. The van der Waals surface area contributed by atoms with Gasteiger partial charge >= 0.3 is 0 Å². The molecule has 5 heteroatoms. The Bertz CT molecular complexity index is 743. The first-order chi connectivity index (χ1) is 14.9. The Morgan fingerprint density at radius 2 is 1.78 bits per heavy atom. The van der Waals surface area contributed by atoms with Gasteiger partial charge < -0.3 is 15.5 Å². The lowest BCUT2D eigenvalue weighted by Gasteiger charge is -2.44. The van der Waals surface area contributed by atoms with Crippen LogP contribution in [0.1, 0.15) is 92.4 Å². The molecule has 32 heavy (non-hydrogen) atoms. The second kappa shape index (κ2) is 10.2. The van der Waals surface area contributed by atoms with Crippen LogP contribution in [-0.4, -0.2) is 33.9 Å². The molecule has 2 fully saturated rings. The Morgan fingerprint density at radius 1 is 1.09 bits per heavy atom. The summed E-state index contributed by atoms with van der Waals surface area (Å²) in [5.41, 5.74) is 0.0990. The lowest BCUT2D eigenvalue weighted by atomic mass is 9.66. The molecule has 0 heterocycles. The Kier molecular flexibility index (Phi) is 8.21. The fourth-order valence-electron chi connectivity index (χ4n) is 6.38. The topological polar surface area (TPSA) is 69.6 Å². The highest BCUT2D eigenvalue weighted by atomic mass is 35.5. The summed E-state index contributed by atoms with van der Waals surface area (Å²) in [5.74, 6) is 1.17. The zero-order chi connectivity index (χ0) is 23.7. The molecule has 3 aliphatic carbocycles. The maximum absolute atomic E-state index is 12.9. The van der Waals surface area contributed by atoms with E-state index in [4.69, 9.17) is 11.6 Å². The molecule has 4 nitrogen and oxygen atoms in total. The van der Waals surface area contributed by atoms with Gasteiger partial charge in [0.2, 0.25) is 5.91 Å². The van der Waals surface area contributed by atoms with Gasteiger partial charge in [0, 0.05) is 17.0 Å². The molecule has 1 amide bonds. The largest absolute Gasteiger partial charge is 0.393 e. The quantitative estimate of drug-likeness (QED) is 0.439. The van der Waals surface area contributed by atoms with Crippen molar-refractivity contribution in [3.05, 3.63) is 22.8 Å². The summed E-state index contributed by atoms with van der Waals surface area (Å²) in [7, 11) is 0. The van der Waals surface area contributed by atoms with Gasteiger partial charge in [0.25, 0.3) is 0 Å². The number of rotatable bonds is 6. The molecule has 0 radical (unpaired) electrons. The summed E-state index contributed by atoms with van der Waals surface area (Å²) < 4.78 is 0. The van der Waals surface area contributed by atoms with Crippen molar-refractivity contribution in [3.63, 3.8) is 0 Å². The lowest BCUT2D eigenvalue weighted by molar-refractivity contribution is -0.126. The van der Waals surface area contributed by atoms with Crippen molar-refractivity contribution in [2.75, 3.05) is 0 Å². The summed E-state index contributed by atoms with van der Waals surface area (Å²) in [6.07, 6.45) is 11.1. The number of carbonyl (C=O) groups excluding carboxylic acids is 1. The number of nitrogens with one attached hydrogen (secondary N) is 1. The summed E-state index contributed by atoms with van der Waals surface area (Å²) in [5, 5.41) is 26.0. The van der Waals surface area contributed by atoms with Crippen LogP contribution in [0.15, 0.2) is 22.8 Å². The molecule has 3 aliphatic rings. The molecule has 0 bridgehead atoms. The van der Waals surface area contributed by atoms with E-state index in [1.807, 2.05) is 12.2 Å². The zero-order valence-electron chi connectivity index (χ0n) is 20.7. The summed E-state index contributed by atoms with van der Waals surface area (Å²) >= 11 is 6.18. The van der Waals surface area contributed by atoms with E-state index >= 15 is 0 Å². The number of carbonyl (C=O) groups is 1. The van der Waals surface area contributed by atoms with Gasteiger partial charge in [-0.15, -0.1) is 0 Å². The second-order valence-corrected chi connectivity index (χ2v) is 12.2. The predicted octanol–water partition coefficient (Wildman–Crippen LogP) is 5.71. The van der Waals surface area contributed by atoms with Crippen molar-refractivity contribution in [3.8, 4) is 0 Å². The van der Waals surface area contributed by atoms with E-state index < -0.39 is 5.60 Å². The number of aliphatic hydroxyl groups excluding tert-OH is 1. The normalized spacial score (nSPS) is 35.0. The van der Waals surface area contributed by atoms with Crippen LogP contribution in [0.25, 0.3) is 0 Å². The van der Waals surface area contributed by atoms with E-state index in [1.165, 1.54) is 0 Å². The summed E-state index contributed by atoms with van der Waals surface area (Å²) in [6.45, 7) is 11.1. The molecular formula is C27H44ClNO3. The van der Waals surface area contributed by atoms with Gasteiger partial charge in [0.15, 0.2) is 0 Å². The first-order valence-electron chi connectivity index (χ1n) is 12.7. The molecule has 0 aromatic rings. The minimum Gasteiger partial charge on any atom is -0.393 e. The van der Waals surface area contributed by atoms with E-state index in [0.29, 0.717) is 24.2 Å². The third-order valence-electron chi connectivity index (χ3n) is 8.88. The monoisotopic (exact) mass is 465 g/mol. The van der Waals surface area contributed by atoms with Crippen LogP contribution >= 0.6 is 11.6 Å². The standard InChI is InChI=1S/C27H44ClNO3/c1-17(2)24(29-25(31)20-6-11-23(30)16-20)18(3)19-12-14-26(4,5)27(32,15-13-19)21-7-9-22(28)10-8-21/h7,9,17-20,23-24,30,32H,6,8,10-16H2,1-5H3,(H,29,31)/t18?,19?,20?,23-,24+,27?/m0/s1. The van der Waals surface area contributed by atoms with Crippen LogP contribution in [-0.2, 0) is 4.79 Å². The maximum Gasteiger partial charge on any atom is 0.223 e. The summed E-state index contributed by atoms with van der Waals surface area (Å²) in [6, 6.07) is 0.107. The van der Waals surface area contributed by atoms with Crippen LogP contribution in [0.3, 0.4) is 0 Å². The molecule has 6 atom stereocenters. The van der Waals surface area contributed by atoms with Crippen molar-refractivity contribution < 1.29 is 15.0 Å². The SMILES string of the molecule is CC(C)[C@@H](NC(=O)C1CC[C@H](O)C1)C(C)C1CCC(C)(C)C(O)(C2=CC=C(Cl)CC2)CC1. The first-order valence-corrected chi connectivity index (χ1v) is 13.1. The van der Waals surface area contributed by atoms with Crippen molar-refractivity contribution in [1.82, 2.24) is 5.32 Å². The van der Waals surface area contributed by atoms with E-state index in [-0.39, 0.29) is 29.4 Å². The number of allylic oxidation sites excluding steroid dienone is 3. The number of amides is 1. The van der Waals surface area contributed by atoms with Gasteiger partial charge in [0.05, 0.1) is 11.7 Å². The minimum atomic E-state index is -0.813. The van der Waals surface area contributed by atoms with E-state index in [9.17, 15) is 15.0 Å². The number of hydrogen-bond donors (Lipinski definition) is 3. The Labute approximate surface area is 199 Å². The summed E-state index contributed by atoms with van der Waals surface area (Å²) in [4.78, 5) is 12.9. The van der Waals surface area contributed by atoms with Crippen molar-refractivity contribution in [1.29, 1.82) is 0 Å². The van der Waals surface area contributed by atoms with Crippen LogP contribution in [0, 0.1) is 29.1 Å². The molecule has 0 aromatic carbocycles. The highest BCUT2D eigenvalue weighted by Gasteiger charge is 2.48. The van der Waals surface area contributed by atoms with Gasteiger partial charge in [0.1, 0.15) is 0 Å². The molecule has 3 N–H and O–H groups in total. The second-order valence-electron chi connectivity index (χ2n) is 11.7. The average molecular weight is 466 g/mol. The zero-order valence-corrected chi connectivity index (χ0v) is 21.4. The molecule has 3 rings (SSSR count). The third-order valence-corrected chi connectivity index (χ3v) is 9.19. The number of halogens is 1. The molecule has 0 spiro atoms. The molecular weight excluding hydrogens is 422 g/mol. The molecule has 0 aliphatic heterocycles. The number of hydrogen-bond acceptors (Lipinski definition) is 3. The first kappa shape index (κ1) is 25.8. The number of aliphatic hydroxyl groups is 2. The smallest absolute Gasteiger partial charge is 0.223 e. The van der Waals surface area contributed by atoms with Crippen molar-refractivity contribution >= 4 is 17.5 Å². The molecule has 0 saturated heterocycles. The highest BCUT2D eigenvalue weighted by molar-refractivity contribution is 6.29. The van der Waals surface area contributed by atoms with Gasteiger partial charge in [-0.2, -0.15) is 0 Å². The molecule has 2 saturated carbocycles. The molecule has 182 valence electrons. The van der Waals surface area contributed by atoms with Gasteiger partial charge in [-0.3, -0.25) is 4.79 Å². The van der Waals surface area contributed by atoms with Crippen LogP contribution in [0.5, 0.6) is 0 Å². The van der Waals surface area contributed by atoms with Gasteiger partial charge in [-0.05, 0) is 92.6 Å². The fourth-order valence-corrected chi connectivity index (χ4v) is 6.54. The highest BCUT2D eigenvalue weighted by Crippen LogP contribution is 2.51. The van der Waals surface area contributed by atoms with E-state index in [1.54, 1.807) is 0 Å². The average Bonchev–Trinajstić information content (AvgIpc) is 3.12. The molecule has 4 unspecified atom stereocenters. The van der Waals surface area contributed by atoms with Crippen LogP contribution < -0.4 is 5.32 Å². The lowest BCUT2D eigenvalue weighted by Crippen LogP contribution is -2.47. The van der Waals surface area contributed by atoms with Gasteiger partial charge in [-0.1, -0.05) is 52.3 Å². The Balaban J connectivity index is 1.72. The Morgan fingerprint density at radius 3 is 2.34 bits per heavy atom. The van der Waals surface area contributed by atoms with E-state index in [0.717, 1.165) is 62.0 Å². The van der Waals surface area contributed by atoms with Crippen LogP contribution in [0.2, 0.25) is 0 Å². The van der Waals surface area contributed by atoms with E-state index in [2.05, 4.69) is 39.9 Å². The van der Waals surface area contributed by atoms with Crippen LogP contribution in [0.4, 0.5) is 0 Å². The fraction of sp³-hybridized carbons (Fsp3) is 0.815. The van der Waals surface area contributed by atoms with Crippen molar-refractivity contribution in [2.45, 2.75) is 110 Å². The third kappa shape index (κ3) is 5.45. The minimum absolute atomic E-state index is 0.0604. The van der Waals surface area contributed by atoms with Crippen molar-refractivity contribution in [2.24, 2.45) is 29.1 Å². The maximum atomic E-state index is 12.9. The van der Waals surface area contributed by atoms with Gasteiger partial charge in [-0.25, -0.2) is 0 Å². The molecule has 0 aromatic heterocycles. The Hall–Kier alpha value is -0.840.